The summed E-state index contributed by atoms with van der Waals surface area (Å²) in [6, 6.07) is 0. The molecule has 0 rings (SSSR count). The van der Waals surface area contributed by atoms with E-state index >= 15 is 0 Å². The minimum absolute atomic E-state index is 0.234. The smallest absolute Gasteiger partial charge is 0.407 e. The highest BCUT2D eigenvalue weighted by Crippen LogP contribution is 1.91. The standard InChI is InChI=1S/C6H9NO4/c1-4(2)5(8)10-3-11-6(7)9/h1,3H2,2H3,(H2,7,9). The molecule has 0 unspecified atom stereocenters. The Hall–Kier alpha value is -1.52. The van der Waals surface area contributed by atoms with Gasteiger partial charge in [0.1, 0.15) is 0 Å². The van der Waals surface area contributed by atoms with Gasteiger partial charge in [-0.2, -0.15) is 0 Å². The second kappa shape index (κ2) is 4.32. The summed E-state index contributed by atoms with van der Waals surface area (Å²) in [5.74, 6) is -0.619. The van der Waals surface area contributed by atoms with E-state index in [9.17, 15) is 9.59 Å². The molecule has 5 nitrogen and oxygen atoms in total. The Morgan fingerprint density at radius 1 is 1.45 bits per heavy atom. The van der Waals surface area contributed by atoms with E-state index < -0.39 is 18.9 Å². The third-order valence-corrected chi connectivity index (χ3v) is 0.740. The van der Waals surface area contributed by atoms with Crippen LogP contribution < -0.4 is 5.73 Å². The first-order chi connectivity index (χ1) is 5.04. The fourth-order valence-corrected chi connectivity index (χ4v) is 0.264. The van der Waals surface area contributed by atoms with Crippen molar-refractivity contribution in [3.8, 4) is 0 Å². The number of hydrogen-bond acceptors (Lipinski definition) is 4. The molecule has 62 valence electrons. The second-order valence-corrected chi connectivity index (χ2v) is 1.79. The maximum atomic E-state index is 10.6. The molecule has 0 heterocycles. The SMILES string of the molecule is C=C(C)C(=O)OCOC(N)=O. The maximum absolute atomic E-state index is 10.6. The minimum atomic E-state index is -0.987. The summed E-state index contributed by atoms with van der Waals surface area (Å²) in [6.07, 6.45) is -0.987. The van der Waals surface area contributed by atoms with Gasteiger partial charge in [-0.3, -0.25) is 0 Å². The Labute approximate surface area is 63.8 Å². The summed E-state index contributed by atoms with van der Waals surface area (Å²) in [4.78, 5) is 20.5. The quantitative estimate of drug-likeness (QED) is 0.361. The average Bonchev–Trinajstić information content (AvgIpc) is 1.86. The minimum Gasteiger partial charge on any atom is -0.424 e. The third-order valence-electron chi connectivity index (χ3n) is 0.740. The van der Waals surface area contributed by atoms with Crippen LogP contribution in [0.5, 0.6) is 0 Å². The summed E-state index contributed by atoms with van der Waals surface area (Å²) in [5, 5.41) is 0. The number of carbonyl (C=O) groups is 2. The topological polar surface area (TPSA) is 78.6 Å². The van der Waals surface area contributed by atoms with Crippen molar-refractivity contribution in [2.75, 3.05) is 6.79 Å². The molecule has 0 aromatic carbocycles. The molecule has 0 fully saturated rings. The van der Waals surface area contributed by atoms with Gasteiger partial charge in [0.05, 0.1) is 0 Å². The molecule has 0 bridgehead atoms. The summed E-state index contributed by atoms with van der Waals surface area (Å²) < 4.78 is 8.47. The fraction of sp³-hybridized carbons (Fsp3) is 0.333. The van der Waals surface area contributed by atoms with Crippen LogP contribution in [-0.4, -0.2) is 18.9 Å². The molecule has 5 heteroatoms. The largest absolute Gasteiger partial charge is 0.424 e. The maximum Gasteiger partial charge on any atom is 0.407 e. The van der Waals surface area contributed by atoms with Crippen molar-refractivity contribution < 1.29 is 19.1 Å². The van der Waals surface area contributed by atoms with Crippen molar-refractivity contribution >= 4 is 12.1 Å². The van der Waals surface area contributed by atoms with Gasteiger partial charge in [0.25, 0.3) is 0 Å². The highest BCUT2D eigenvalue weighted by molar-refractivity contribution is 5.86. The van der Waals surface area contributed by atoms with E-state index in [1.54, 1.807) is 0 Å². The number of nitrogens with two attached hydrogens (primary N) is 1. The summed E-state index contributed by atoms with van der Waals surface area (Å²) in [5.41, 5.74) is 4.81. The second-order valence-electron chi connectivity index (χ2n) is 1.79. The van der Waals surface area contributed by atoms with Crippen LogP contribution in [-0.2, 0) is 14.3 Å². The van der Waals surface area contributed by atoms with Crippen LogP contribution in [0.15, 0.2) is 12.2 Å². The van der Waals surface area contributed by atoms with Gasteiger partial charge in [0, 0.05) is 5.57 Å². The summed E-state index contributed by atoms with van der Waals surface area (Å²) in [7, 11) is 0. The van der Waals surface area contributed by atoms with E-state index in [2.05, 4.69) is 21.8 Å². The molecule has 1 amide bonds. The molecule has 2 N–H and O–H groups in total. The molecular formula is C6H9NO4. The van der Waals surface area contributed by atoms with Crippen LogP contribution in [0, 0.1) is 0 Å². The van der Waals surface area contributed by atoms with E-state index in [1.807, 2.05) is 0 Å². The van der Waals surface area contributed by atoms with Gasteiger partial charge < -0.3 is 15.2 Å². The van der Waals surface area contributed by atoms with Crippen molar-refractivity contribution in [2.24, 2.45) is 5.73 Å². The number of ether oxygens (including phenoxy) is 2. The van der Waals surface area contributed by atoms with Crippen molar-refractivity contribution in [1.82, 2.24) is 0 Å². The number of amides is 1. The number of carbonyl (C=O) groups excluding carboxylic acids is 2. The zero-order valence-electron chi connectivity index (χ0n) is 6.12. The number of primary amides is 1. The Morgan fingerprint density at radius 3 is 2.36 bits per heavy atom. The predicted octanol–water partition coefficient (Wildman–Crippen LogP) is 0.159. The van der Waals surface area contributed by atoms with Gasteiger partial charge >= 0.3 is 12.1 Å². The molecule has 0 saturated heterocycles. The lowest BCUT2D eigenvalue weighted by molar-refractivity contribution is -0.146. The molecule has 0 aromatic heterocycles. The van der Waals surface area contributed by atoms with Gasteiger partial charge in [-0.15, -0.1) is 0 Å². The fourth-order valence-electron chi connectivity index (χ4n) is 0.264. The van der Waals surface area contributed by atoms with Gasteiger partial charge in [-0.1, -0.05) is 6.58 Å². The van der Waals surface area contributed by atoms with Crippen molar-refractivity contribution in [1.29, 1.82) is 0 Å². The van der Waals surface area contributed by atoms with Gasteiger partial charge in [-0.25, -0.2) is 9.59 Å². The molecule has 0 atom stereocenters. The van der Waals surface area contributed by atoms with Crippen molar-refractivity contribution in [3.63, 3.8) is 0 Å². The van der Waals surface area contributed by atoms with Crippen molar-refractivity contribution in [3.05, 3.63) is 12.2 Å². The van der Waals surface area contributed by atoms with E-state index in [0.29, 0.717) is 0 Å². The summed E-state index contributed by atoms with van der Waals surface area (Å²) in [6.45, 7) is 4.31. The first-order valence-electron chi connectivity index (χ1n) is 2.79. The normalized spacial score (nSPS) is 8.45. The van der Waals surface area contributed by atoms with E-state index in [0.717, 1.165) is 0 Å². The van der Waals surface area contributed by atoms with Crippen LogP contribution in [0.1, 0.15) is 6.92 Å². The lowest BCUT2D eigenvalue weighted by Gasteiger charge is -2.02. The van der Waals surface area contributed by atoms with E-state index in [-0.39, 0.29) is 5.57 Å². The van der Waals surface area contributed by atoms with Gasteiger partial charge in [0.15, 0.2) is 0 Å². The van der Waals surface area contributed by atoms with Crippen LogP contribution in [0.3, 0.4) is 0 Å². The summed E-state index contributed by atoms with van der Waals surface area (Å²) >= 11 is 0. The molecule has 0 aliphatic rings. The first-order valence-corrected chi connectivity index (χ1v) is 2.79. The van der Waals surface area contributed by atoms with E-state index in [4.69, 9.17) is 0 Å². The third kappa shape index (κ3) is 4.95. The van der Waals surface area contributed by atoms with Crippen LogP contribution in [0.4, 0.5) is 4.79 Å². The molecule has 0 aliphatic carbocycles. The molecule has 0 saturated carbocycles. The lowest BCUT2D eigenvalue weighted by atomic mass is 10.4. The lowest BCUT2D eigenvalue weighted by Crippen LogP contribution is -2.17. The number of esters is 1. The Balaban J connectivity index is 3.47. The molecule has 11 heavy (non-hydrogen) atoms. The Morgan fingerprint density at radius 2 is 2.00 bits per heavy atom. The molecule has 0 aliphatic heterocycles. The van der Waals surface area contributed by atoms with Crippen LogP contribution in [0.25, 0.3) is 0 Å². The molecule has 0 spiro atoms. The van der Waals surface area contributed by atoms with E-state index in [1.165, 1.54) is 6.92 Å². The highest BCUT2D eigenvalue weighted by Gasteiger charge is 2.02. The van der Waals surface area contributed by atoms with Gasteiger partial charge in [-0.05, 0) is 6.92 Å². The Bertz CT molecular complexity index is 187. The molecular weight excluding hydrogens is 150 g/mol. The number of hydrogen-bond donors (Lipinski definition) is 1. The van der Waals surface area contributed by atoms with Crippen molar-refractivity contribution in [2.45, 2.75) is 6.92 Å². The molecule has 0 radical (unpaired) electrons. The van der Waals surface area contributed by atoms with Crippen LogP contribution in [0.2, 0.25) is 0 Å². The predicted molar refractivity (Wildman–Crippen MR) is 36.4 cm³/mol. The number of rotatable bonds is 3. The molecule has 0 aromatic rings. The Kier molecular flexibility index (Phi) is 3.72. The zero-order chi connectivity index (χ0) is 8.85. The zero-order valence-corrected chi connectivity index (χ0v) is 6.12. The van der Waals surface area contributed by atoms with Crippen LogP contribution >= 0.6 is 0 Å². The average molecular weight is 159 g/mol. The first kappa shape index (κ1) is 9.48. The van der Waals surface area contributed by atoms with Gasteiger partial charge in [0.2, 0.25) is 6.79 Å². The monoisotopic (exact) mass is 159 g/mol. The highest BCUT2D eigenvalue weighted by atomic mass is 16.7.